The van der Waals surface area contributed by atoms with Gasteiger partial charge in [0, 0.05) is 13.6 Å². The van der Waals surface area contributed by atoms with Crippen molar-refractivity contribution >= 4 is 44.9 Å². The zero-order valence-electron chi connectivity index (χ0n) is 13.3. The van der Waals surface area contributed by atoms with Crippen LogP contribution in [0.4, 0.5) is 5.82 Å². The van der Waals surface area contributed by atoms with Crippen LogP contribution in [-0.4, -0.2) is 36.1 Å². The number of anilines is 1. The lowest BCUT2D eigenvalue weighted by Crippen LogP contribution is -2.20. The fraction of sp³-hybridized carbons (Fsp3) is 0.533. The van der Waals surface area contributed by atoms with Crippen molar-refractivity contribution < 1.29 is 9.53 Å². The molecule has 2 aromatic heterocycles. The molecule has 0 aliphatic carbocycles. The molecule has 0 amide bonds. The van der Waals surface area contributed by atoms with Gasteiger partial charge in [0.25, 0.3) is 0 Å². The number of fused-ring (bicyclic) bond motifs is 1. The Hall–Kier alpha value is -1.40. The van der Waals surface area contributed by atoms with E-state index < -0.39 is 0 Å². The van der Waals surface area contributed by atoms with Crippen LogP contribution >= 0.6 is 22.9 Å². The number of aryl methyl sites for hydroxylation is 1. The molecule has 0 bridgehead atoms. The number of hydrogen-bond acceptors (Lipinski definition) is 6. The Bertz CT molecular complexity index is 687. The number of carbonyl (C=O) groups is 1. The maximum absolute atomic E-state index is 12.1. The average Bonchev–Trinajstić information content (AvgIpc) is 2.81. The molecule has 0 aliphatic rings. The summed E-state index contributed by atoms with van der Waals surface area (Å²) in [6.07, 6.45) is 2.16. The van der Waals surface area contributed by atoms with E-state index in [0.29, 0.717) is 11.5 Å². The van der Waals surface area contributed by atoms with Gasteiger partial charge in [-0.05, 0) is 37.4 Å². The van der Waals surface area contributed by atoms with Crippen LogP contribution in [0.3, 0.4) is 0 Å². The van der Waals surface area contributed by atoms with E-state index in [9.17, 15) is 4.79 Å². The van der Waals surface area contributed by atoms with Crippen molar-refractivity contribution in [3.05, 3.63) is 15.7 Å². The summed E-state index contributed by atoms with van der Waals surface area (Å²) in [5.74, 6) is 0.453. The summed E-state index contributed by atoms with van der Waals surface area (Å²) in [5.41, 5.74) is 0.855. The highest BCUT2D eigenvalue weighted by Crippen LogP contribution is 2.36. The van der Waals surface area contributed by atoms with Crippen molar-refractivity contribution in [3.63, 3.8) is 0 Å². The first kappa shape index (κ1) is 17.0. The van der Waals surface area contributed by atoms with Crippen LogP contribution in [-0.2, 0) is 4.74 Å². The number of esters is 1. The van der Waals surface area contributed by atoms with Gasteiger partial charge in [0.2, 0.25) is 5.28 Å². The third-order valence-electron chi connectivity index (χ3n) is 3.41. The van der Waals surface area contributed by atoms with Crippen molar-refractivity contribution in [2.24, 2.45) is 0 Å². The number of nitrogens with zero attached hydrogens (tertiary/aromatic N) is 3. The maximum atomic E-state index is 12.1. The van der Waals surface area contributed by atoms with E-state index in [0.717, 1.165) is 41.0 Å². The predicted molar refractivity (Wildman–Crippen MR) is 91.3 cm³/mol. The van der Waals surface area contributed by atoms with Crippen LogP contribution in [0.25, 0.3) is 10.2 Å². The number of carbonyl (C=O) groups excluding carboxylic acids is 1. The Morgan fingerprint density at radius 3 is 2.73 bits per heavy atom. The van der Waals surface area contributed by atoms with Crippen molar-refractivity contribution in [1.82, 2.24) is 9.97 Å². The fourth-order valence-corrected chi connectivity index (χ4v) is 3.55. The van der Waals surface area contributed by atoms with E-state index in [1.165, 1.54) is 11.3 Å². The second kappa shape index (κ2) is 7.24. The molecule has 2 heterocycles. The second-order valence-electron chi connectivity index (χ2n) is 5.05. The zero-order chi connectivity index (χ0) is 16.3. The van der Waals surface area contributed by atoms with Crippen LogP contribution in [0.5, 0.6) is 0 Å². The molecule has 0 unspecified atom stereocenters. The molecule has 0 aromatic carbocycles. The van der Waals surface area contributed by atoms with Gasteiger partial charge >= 0.3 is 5.97 Å². The number of unbranched alkanes of at least 4 members (excludes halogenated alkanes) is 1. The van der Waals surface area contributed by atoms with Gasteiger partial charge in [-0.1, -0.05) is 13.3 Å². The summed E-state index contributed by atoms with van der Waals surface area (Å²) in [6.45, 7) is 7.07. The first-order chi connectivity index (χ1) is 10.5. The zero-order valence-corrected chi connectivity index (χ0v) is 14.8. The number of rotatable bonds is 6. The van der Waals surface area contributed by atoms with Gasteiger partial charge in [0.05, 0.1) is 12.0 Å². The van der Waals surface area contributed by atoms with E-state index >= 15 is 0 Å². The van der Waals surface area contributed by atoms with Gasteiger partial charge in [0.15, 0.2) is 0 Å². The van der Waals surface area contributed by atoms with E-state index in [1.54, 1.807) is 6.92 Å². The molecule has 0 atom stereocenters. The first-order valence-corrected chi connectivity index (χ1v) is 8.53. The summed E-state index contributed by atoms with van der Waals surface area (Å²) in [4.78, 5) is 24.0. The second-order valence-corrected chi connectivity index (χ2v) is 6.39. The van der Waals surface area contributed by atoms with Crippen molar-refractivity contribution in [1.29, 1.82) is 0 Å². The molecule has 7 heteroatoms. The molecule has 22 heavy (non-hydrogen) atoms. The van der Waals surface area contributed by atoms with Gasteiger partial charge in [-0.15, -0.1) is 11.3 Å². The fourth-order valence-electron chi connectivity index (χ4n) is 2.26. The monoisotopic (exact) mass is 341 g/mol. The van der Waals surface area contributed by atoms with Crippen LogP contribution in [0, 0.1) is 6.92 Å². The average molecular weight is 342 g/mol. The third kappa shape index (κ3) is 3.33. The quantitative estimate of drug-likeness (QED) is 0.585. The highest BCUT2D eigenvalue weighted by Gasteiger charge is 2.22. The minimum atomic E-state index is -0.318. The Morgan fingerprint density at radius 2 is 2.09 bits per heavy atom. The van der Waals surface area contributed by atoms with Crippen LogP contribution in [0.2, 0.25) is 5.28 Å². The van der Waals surface area contributed by atoms with Crippen LogP contribution in [0.15, 0.2) is 0 Å². The molecule has 2 aromatic rings. The Labute approximate surface area is 139 Å². The minimum Gasteiger partial charge on any atom is -0.462 e. The molecule has 0 fully saturated rings. The summed E-state index contributed by atoms with van der Waals surface area (Å²) in [7, 11) is 1.98. The van der Waals surface area contributed by atoms with Crippen molar-refractivity contribution in [3.8, 4) is 0 Å². The standard InChI is InChI=1S/C15H20ClN3O2S/c1-5-7-8-19(4)12-10-9(3)11(14(20)21-6-2)22-13(10)18-15(16)17-12/h5-8H2,1-4H3. The summed E-state index contributed by atoms with van der Waals surface area (Å²) < 4.78 is 5.11. The molecule has 0 saturated carbocycles. The number of aromatic nitrogens is 2. The molecule has 120 valence electrons. The Morgan fingerprint density at radius 1 is 1.36 bits per heavy atom. The normalized spacial score (nSPS) is 11.0. The van der Waals surface area contributed by atoms with Crippen molar-refractivity contribution in [2.45, 2.75) is 33.6 Å². The van der Waals surface area contributed by atoms with E-state index in [4.69, 9.17) is 16.3 Å². The number of halogens is 1. The molecule has 0 aliphatic heterocycles. The van der Waals surface area contributed by atoms with Crippen LogP contribution in [0.1, 0.15) is 41.9 Å². The van der Waals surface area contributed by atoms with Gasteiger partial charge in [-0.25, -0.2) is 9.78 Å². The SMILES string of the molecule is CCCCN(C)c1nc(Cl)nc2sc(C(=O)OCC)c(C)c12. The maximum Gasteiger partial charge on any atom is 0.348 e. The molecular formula is C15H20ClN3O2S. The number of thiophene rings is 1. The lowest BCUT2D eigenvalue weighted by atomic mass is 10.2. The van der Waals surface area contributed by atoms with Gasteiger partial charge < -0.3 is 9.64 Å². The minimum absolute atomic E-state index is 0.197. The number of hydrogen-bond donors (Lipinski definition) is 0. The van der Waals surface area contributed by atoms with Crippen LogP contribution < -0.4 is 4.90 Å². The smallest absolute Gasteiger partial charge is 0.348 e. The molecule has 0 radical (unpaired) electrons. The summed E-state index contributed by atoms with van der Waals surface area (Å²) in [6, 6.07) is 0. The highest BCUT2D eigenvalue weighted by molar-refractivity contribution is 7.20. The van der Waals surface area contributed by atoms with E-state index in [2.05, 4.69) is 21.8 Å². The third-order valence-corrected chi connectivity index (χ3v) is 4.75. The van der Waals surface area contributed by atoms with Crippen molar-refractivity contribution in [2.75, 3.05) is 25.1 Å². The predicted octanol–water partition coefficient (Wildman–Crippen LogP) is 4.07. The van der Waals surface area contributed by atoms with Gasteiger partial charge in [0.1, 0.15) is 15.5 Å². The van der Waals surface area contributed by atoms with Gasteiger partial charge in [-0.2, -0.15) is 4.98 Å². The molecule has 2 rings (SSSR count). The molecule has 0 saturated heterocycles. The summed E-state index contributed by atoms with van der Waals surface area (Å²) in [5, 5.41) is 1.08. The topological polar surface area (TPSA) is 55.3 Å². The van der Waals surface area contributed by atoms with E-state index in [1.807, 2.05) is 14.0 Å². The molecule has 5 nitrogen and oxygen atoms in total. The summed E-state index contributed by atoms with van der Waals surface area (Å²) >= 11 is 7.35. The molecule has 0 spiro atoms. The van der Waals surface area contributed by atoms with Gasteiger partial charge in [-0.3, -0.25) is 0 Å². The molecule has 0 N–H and O–H groups in total. The molecular weight excluding hydrogens is 322 g/mol. The lowest BCUT2D eigenvalue weighted by Gasteiger charge is -2.19. The largest absolute Gasteiger partial charge is 0.462 e. The Kier molecular flexibility index (Phi) is 5.58. The highest BCUT2D eigenvalue weighted by atomic mass is 35.5. The Balaban J connectivity index is 2.54. The lowest BCUT2D eigenvalue weighted by molar-refractivity contribution is 0.0531. The number of ether oxygens (including phenoxy) is 1. The van der Waals surface area contributed by atoms with E-state index in [-0.39, 0.29) is 11.3 Å². The first-order valence-electron chi connectivity index (χ1n) is 7.34.